The number of aromatic nitrogens is 5. The van der Waals surface area contributed by atoms with E-state index >= 15 is 0 Å². The second kappa shape index (κ2) is 7.90. The van der Waals surface area contributed by atoms with Gasteiger partial charge in [-0.1, -0.05) is 18.2 Å². The zero-order valence-corrected chi connectivity index (χ0v) is 17.5. The van der Waals surface area contributed by atoms with E-state index in [2.05, 4.69) is 32.7 Å². The van der Waals surface area contributed by atoms with Crippen molar-refractivity contribution in [2.24, 2.45) is 0 Å². The van der Waals surface area contributed by atoms with E-state index in [-0.39, 0.29) is 12.1 Å². The maximum atomic E-state index is 13.9. The molecule has 2 aromatic heterocycles. The van der Waals surface area contributed by atoms with Crippen molar-refractivity contribution in [3.63, 3.8) is 0 Å². The Morgan fingerprint density at radius 1 is 0.966 bits per heavy atom. The molecule has 0 amide bonds. The van der Waals surface area contributed by atoms with E-state index < -0.39 is 17.3 Å². The number of hydrogen-bond donors (Lipinski definition) is 0. The zero-order chi connectivity index (χ0) is 20.5. The Bertz CT molecular complexity index is 1210. The molecule has 9 heteroatoms. The maximum absolute atomic E-state index is 13.9. The van der Waals surface area contributed by atoms with Crippen LogP contribution in [0.4, 0.5) is 8.78 Å². The van der Waals surface area contributed by atoms with Gasteiger partial charge in [0.1, 0.15) is 21.7 Å². The van der Waals surface area contributed by atoms with Gasteiger partial charge in [-0.2, -0.15) is 9.78 Å². The van der Waals surface area contributed by atoms with Crippen molar-refractivity contribution < 1.29 is 8.78 Å². The Hall–Kier alpha value is -2.82. The molecule has 0 aliphatic rings. The van der Waals surface area contributed by atoms with E-state index in [0.29, 0.717) is 12.2 Å². The summed E-state index contributed by atoms with van der Waals surface area (Å²) in [5.41, 5.74) is 2.07. The molecule has 0 aliphatic carbocycles. The fraction of sp³-hybridized carbons (Fsp3) is 0.150. The monoisotopic (exact) mass is 507 g/mol. The fourth-order valence-electron chi connectivity index (χ4n) is 2.99. The van der Waals surface area contributed by atoms with Crippen LogP contribution in [0.5, 0.6) is 0 Å². The number of imidazole rings is 1. The summed E-state index contributed by atoms with van der Waals surface area (Å²) in [4.78, 5) is 16.9. The quantitative estimate of drug-likeness (QED) is 0.389. The summed E-state index contributed by atoms with van der Waals surface area (Å²) in [6.45, 7) is 2.44. The lowest BCUT2D eigenvalue weighted by molar-refractivity contribution is 0.541. The fourth-order valence-corrected chi connectivity index (χ4v) is 3.43. The van der Waals surface area contributed by atoms with Gasteiger partial charge in [-0.3, -0.25) is 4.57 Å². The number of rotatable bonds is 5. The first-order valence-electron chi connectivity index (χ1n) is 8.78. The minimum absolute atomic E-state index is 0.171. The molecular weight excluding hydrogens is 491 g/mol. The highest BCUT2D eigenvalue weighted by Gasteiger charge is 2.13. The number of nitrogens with zero attached hydrogens (tertiary/aromatic N) is 5. The van der Waals surface area contributed by atoms with Crippen LogP contribution in [0.3, 0.4) is 0 Å². The molecule has 6 nitrogen and oxygen atoms in total. The Morgan fingerprint density at radius 3 is 2.28 bits per heavy atom. The summed E-state index contributed by atoms with van der Waals surface area (Å²) in [7, 11) is 0. The van der Waals surface area contributed by atoms with E-state index in [1.807, 2.05) is 23.6 Å². The van der Waals surface area contributed by atoms with Gasteiger partial charge < -0.3 is 4.57 Å². The van der Waals surface area contributed by atoms with Gasteiger partial charge in [0, 0.05) is 17.8 Å². The number of halogens is 3. The lowest BCUT2D eigenvalue weighted by atomic mass is 10.2. The maximum Gasteiger partial charge on any atom is 0.350 e. The molecule has 148 valence electrons. The molecule has 0 spiro atoms. The molecule has 0 radical (unpaired) electrons. The standard InChI is InChI=1S/C20H16F2IN5O/c1-13-19(23)24-11-26(13)9-14-5-7-15(8-6-14)28-20(29)27(12-25-28)10-16-17(21)3-2-4-18(16)22/h2-8,11-12H,9-10H2,1H3. The third-order valence-electron chi connectivity index (χ3n) is 4.70. The molecular formula is C20H16F2IN5O. The van der Waals surface area contributed by atoms with E-state index in [1.54, 1.807) is 18.5 Å². The Morgan fingerprint density at radius 2 is 1.66 bits per heavy atom. The van der Waals surface area contributed by atoms with Crippen LogP contribution >= 0.6 is 22.6 Å². The van der Waals surface area contributed by atoms with Crippen molar-refractivity contribution in [3.05, 3.63) is 97.8 Å². The van der Waals surface area contributed by atoms with Gasteiger partial charge in [0.2, 0.25) is 0 Å². The van der Waals surface area contributed by atoms with Gasteiger partial charge in [0.15, 0.2) is 0 Å². The molecule has 4 rings (SSSR count). The highest BCUT2D eigenvalue weighted by molar-refractivity contribution is 14.1. The second-order valence-corrected chi connectivity index (χ2v) is 7.59. The molecule has 4 aromatic rings. The van der Waals surface area contributed by atoms with Crippen LogP contribution in [0.15, 0.2) is 59.9 Å². The van der Waals surface area contributed by atoms with Crippen LogP contribution < -0.4 is 5.69 Å². The van der Waals surface area contributed by atoms with E-state index in [9.17, 15) is 13.6 Å². The molecule has 0 N–H and O–H groups in total. The zero-order valence-electron chi connectivity index (χ0n) is 15.4. The molecule has 0 unspecified atom stereocenters. The van der Waals surface area contributed by atoms with Gasteiger partial charge in [0.25, 0.3) is 0 Å². The summed E-state index contributed by atoms with van der Waals surface area (Å²) < 4.78 is 33.1. The second-order valence-electron chi connectivity index (χ2n) is 6.57. The molecule has 0 bridgehead atoms. The summed E-state index contributed by atoms with van der Waals surface area (Å²) in [5.74, 6) is -1.39. The van der Waals surface area contributed by atoms with Crippen molar-refractivity contribution in [2.45, 2.75) is 20.0 Å². The average Bonchev–Trinajstić information content (AvgIpc) is 3.22. The Labute approximate surface area is 178 Å². The van der Waals surface area contributed by atoms with Gasteiger partial charge in [-0.15, -0.1) is 0 Å². The van der Waals surface area contributed by atoms with Crippen LogP contribution in [0.1, 0.15) is 16.8 Å². The van der Waals surface area contributed by atoms with Crippen LogP contribution in [0, 0.1) is 22.3 Å². The topological polar surface area (TPSA) is 57.6 Å². The first kappa shape index (κ1) is 19.5. The summed E-state index contributed by atoms with van der Waals surface area (Å²) in [6, 6.07) is 11.0. The summed E-state index contributed by atoms with van der Waals surface area (Å²) >= 11 is 2.19. The van der Waals surface area contributed by atoms with Crippen LogP contribution in [-0.2, 0) is 13.1 Å². The predicted octanol–water partition coefficient (Wildman–Crippen LogP) is 3.52. The third-order valence-corrected chi connectivity index (χ3v) is 5.76. The minimum atomic E-state index is -0.696. The van der Waals surface area contributed by atoms with E-state index in [1.165, 1.54) is 21.6 Å². The van der Waals surface area contributed by atoms with Crippen molar-refractivity contribution in [1.29, 1.82) is 0 Å². The first-order valence-corrected chi connectivity index (χ1v) is 9.86. The molecule has 2 aromatic carbocycles. The number of benzene rings is 2. The lowest BCUT2D eigenvalue weighted by Gasteiger charge is -2.07. The molecule has 0 fully saturated rings. The van der Waals surface area contributed by atoms with Crippen LogP contribution in [0.2, 0.25) is 0 Å². The first-order chi connectivity index (χ1) is 13.9. The van der Waals surface area contributed by atoms with Crippen LogP contribution in [0.25, 0.3) is 5.69 Å². The van der Waals surface area contributed by atoms with Gasteiger partial charge >= 0.3 is 5.69 Å². The normalized spacial score (nSPS) is 11.2. The van der Waals surface area contributed by atoms with Gasteiger partial charge in [-0.25, -0.2) is 18.6 Å². The Balaban J connectivity index is 1.56. The average molecular weight is 507 g/mol. The number of hydrogen-bond acceptors (Lipinski definition) is 3. The summed E-state index contributed by atoms with van der Waals surface area (Å²) in [6.07, 6.45) is 3.07. The third kappa shape index (κ3) is 3.86. The molecule has 0 saturated carbocycles. The molecule has 29 heavy (non-hydrogen) atoms. The highest BCUT2D eigenvalue weighted by atomic mass is 127. The predicted molar refractivity (Wildman–Crippen MR) is 112 cm³/mol. The van der Waals surface area contributed by atoms with Crippen molar-refractivity contribution in [2.75, 3.05) is 0 Å². The molecule has 0 saturated heterocycles. The minimum Gasteiger partial charge on any atom is -0.329 e. The van der Waals surface area contributed by atoms with Crippen molar-refractivity contribution >= 4 is 22.6 Å². The van der Waals surface area contributed by atoms with Gasteiger partial charge in [-0.05, 0) is 59.3 Å². The van der Waals surface area contributed by atoms with Crippen molar-refractivity contribution in [3.8, 4) is 5.69 Å². The molecule has 0 aliphatic heterocycles. The summed E-state index contributed by atoms with van der Waals surface area (Å²) in [5, 5.41) is 4.08. The molecule has 0 atom stereocenters. The SMILES string of the molecule is Cc1c(I)ncn1Cc1ccc(-n2ncn(Cc3c(F)cccc3F)c2=O)cc1. The van der Waals surface area contributed by atoms with Crippen LogP contribution in [-0.4, -0.2) is 23.9 Å². The lowest BCUT2D eigenvalue weighted by Crippen LogP contribution is -2.24. The highest BCUT2D eigenvalue weighted by Crippen LogP contribution is 2.15. The largest absolute Gasteiger partial charge is 0.350 e. The van der Waals surface area contributed by atoms with E-state index in [0.717, 1.165) is 27.1 Å². The molecule has 2 heterocycles. The van der Waals surface area contributed by atoms with E-state index in [4.69, 9.17) is 0 Å². The Kier molecular flexibility index (Phi) is 5.31. The van der Waals surface area contributed by atoms with Crippen molar-refractivity contribution in [1.82, 2.24) is 23.9 Å². The van der Waals surface area contributed by atoms with Gasteiger partial charge in [0.05, 0.1) is 18.6 Å². The smallest absolute Gasteiger partial charge is 0.329 e.